The zero-order valence-corrected chi connectivity index (χ0v) is 10.5. The quantitative estimate of drug-likeness (QED) is 0.874. The zero-order chi connectivity index (χ0) is 11.4. The Morgan fingerprint density at radius 1 is 1.38 bits per heavy atom. The summed E-state index contributed by atoms with van der Waals surface area (Å²) in [7, 11) is 0. The average molecular weight is 237 g/mol. The van der Waals surface area contributed by atoms with Crippen molar-refractivity contribution in [1.82, 2.24) is 0 Å². The maximum Gasteiger partial charge on any atom is 0.0666 e. The van der Waals surface area contributed by atoms with Crippen LogP contribution in [0.4, 0.5) is 0 Å². The topological polar surface area (TPSA) is 35.2 Å². The van der Waals surface area contributed by atoms with Crippen LogP contribution in [0.5, 0.6) is 0 Å². The van der Waals surface area contributed by atoms with Gasteiger partial charge in [0.05, 0.1) is 6.10 Å². The van der Waals surface area contributed by atoms with Gasteiger partial charge in [-0.2, -0.15) is 11.8 Å². The van der Waals surface area contributed by atoms with Crippen LogP contribution < -0.4 is 5.73 Å². The highest BCUT2D eigenvalue weighted by atomic mass is 32.2. The first-order valence-electron chi connectivity index (χ1n) is 5.81. The number of hydrogen-bond acceptors (Lipinski definition) is 3. The number of hydrogen-bond donors (Lipinski definition) is 1. The molecule has 2 unspecified atom stereocenters. The predicted octanol–water partition coefficient (Wildman–Crippen LogP) is 2.56. The van der Waals surface area contributed by atoms with E-state index in [9.17, 15) is 0 Å². The summed E-state index contributed by atoms with van der Waals surface area (Å²) in [5, 5.41) is 0.644. The lowest BCUT2D eigenvalue weighted by atomic mass is 10.1. The van der Waals surface area contributed by atoms with Crippen LogP contribution in [0, 0.1) is 0 Å². The van der Waals surface area contributed by atoms with Gasteiger partial charge in [0.25, 0.3) is 0 Å². The Morgan fingerprint density at radius 3 is 2.75 bits per heavy atom. The minimum absolute atomic E-state index is 0.398. The van der Waals surface area contributed by atoms with Gasteiger partial charge in [-0.3, -0.25) is 0 Å². The largest absolute Gasteiger partial charge is 0.377 e. The van der Waals surface area contributed by atoms with E-state index in [2.05, 4.69) is 31.2 Å². The molecule has 1 aliphatic rings. The molecule has 0 aromatic heterocycles. The summed E-state index contributed by atoms with van der Waals surface area (Å²) >= 11 is 1.99. The maximum absolute atomic E-state index is 5.73. The molecule has 0 saturated carbocycles. The molecular weight excluding hydrogens is 218 g/mol. The molecule has 88 valence electrons. The molecule has 1 fully saturated rings. The molecule has 1 saturated heterocycles. The van der Waals surface area contributed by atoms with Crippen molar-refractivity contribution in [3.63, 3.8) is 0 Å². The van der Waals surface area contributed by atoms with E-state index in [1.165, 1.54) is 17.5 Å². The van der Waals surface area contributed by atoms with Crippen LogP contribution in [-0.4, -0.2) is 18.0 Å². The third-order valence-electron chi connectivity index (χ3n) is 3.10. The molecule has 1 aliphatic heterocycles. The van der Waals surface area contributed by atoms with Crippen LogP contribution >= 0.6 is 11.8 Å². The molecule has 3 heteroatoms. The smallest absolute Gasteiger partial charge is 0.0666 e. The van der Waals surface area contributed by atoms with Crippen molar-refractivity contribution < 1.29 is 4.74 Å². The monoisotopic (exact) mass is 237 g/mol. The van der Waals surface area contributed by atoms with E-state index >= 15 is 0 Å². The van der Waals surface area contributed by atoms with Gasteiger partial charge in [-0.25, -0.2) is 0 Å². The van der Waals surface area contributed by atoms with Gasteiger partial charge in [0.15, 0.2) is 0 Å². The highest BCUT2D eigenvalue weighted by Gasteiger charge is 2.24. The van der Waals surface area contributed by atoms with Crippen LogP contribution in [-0.2, 0) is 17.0 Å². The molecule has 1 aromatic carbocycles. The van der Waals surface area contributed by atoms with E-state index in [0.717, 1.165) is 12.4 Å². The Kier molecular flexibility index (Phi) is 4.27. The van der Waals surface area contributed by atoms with Gasteiger partial charge < -0.3 is 10.5 Å². The van der Waals surface area contributed by atoms with E-state index in [4.69, 9.17) is 10.5 Å². The van der Waals surface area contributed by atoms with Crippen LogP contribution in [0.15, 0.2) is 24.3 Å². The molecule has 0 radical (unpaired) electrons. The average Bonchev–Trinajstić information content (AvgIpc) is 2.72. The molecule has 16 heavy (non-hydrogen) atoms. The fourth-order valence-corrected chi connectivity index (χ4v) is 3.31. The summed E-state index contributed by atoms with van der Waals surface area (Å²) in [5.74, 6) is 1.05. The summed E-state index contributed by atoms with van der Waals surface area (Å²) in [6.45, 7) is 3.71. The highest BCUT2D eigenvalue weighted by Crippen LogP contribution is 2.29. The minimum Gasteiger partial charge on any atom is -0.377 e. The van der Waals surface area contributed by atoms with Gasteiger partial charge in [0.1, 0.15) is 0 Å². The van der Waals surface area contributed by atoms with Gasteiger partial charge in [0.2, 0.25) is 0 Å². The number of nitrogens with two attached hydrogens (primary N) is 1. The molecule has 2 rings (SSSR count). The molecule has 0 bridgehead atoms. The van der Waals surface area contributed by atoms with E-state index in [1.807, 2.05) is 11.8 Å². The SMILES string of the molecule is CC1OCCC1SCc1ccccc1CN. The molecule has 0 aliphatic carbocycles. The Hall–Kier alpha value is -0.510. The lowest BCUT2D eigenvalue weighted by Gasteiger charge is -2.14. The highest BCUT2D eigenvalue weighted by molar-refractivity contribution is 7.99. The molecule has 0 spiro atoms. The summed E-state index contributed by atoms with van der Waals surface area (Å²) in [5.41, 5.74) is 8.36. The molecule has 2 nitrogen and oxygen atoms in total. The normalized spacial score (nSPS) is 24.9. The van der Waals surface area contributed by atoms with Crippen LogP contribution in [0.3, 0.4) is 0 Å². The first-order chi connectivity index (χ1) is 7.81. The second-order valence-corrected chi connectivity index (χ2v) is 5.41. The second-order valence-electron chi connectivity index (χ2n) is 4.19. The van der Waals surface area contributed by atoms with Crippen LogP contribution in [0.25, 0.3) is 0 Å². The van der Waals surface area contributed by atoms with E-state index in [1.54, 1.807) is 0 Å². The van der Waals surface area contributed by atoms with Gasteiger partial charge in [-0.1, -0.05) is 24.3 Å². The first-order valence-corrected chi connectivity index (χ1v) is 6.86. The standard InChI is InChI=1S/C13H19NOS/c1-10-13(6-7-15-10)16-9-12-5-3-2-4-11(12)8-14/h2-5,10,13H,6-9,14H2,1H3. The first kappa shape index (κ1) is 12.0. The van der Waals surface area contributed by atoms with Crippen LogP contribution in [0.1, 0.15) is 24.5 Å². The maximum atomic E-state index is 5.73. The van der Waals surface area contributed by atoms with Crippen molar-refractivity contribution >= 4 is 11.8 Å². The van der Waals surface area contributed by atoms with Crippen molar-refractivity contribution in [2.45, 2.75) is 37.0 Å². The fourth-order valence-electron chi connectivity index (χ4n) is 2.03. The number of rotatable bonds is 4. The van der Waals surface area contributed by atoms with Gasteiger partial charge in [0, 0.05) is 24.2 Å². The van der Waals surface area contributed by atoms with E-state index in [-0.39, 0.29) is 0 Å². The lowest BCUT2D eigenvalue weighted by Crippen LogP contribution is -2.13. The summed E-state index contributed by atoms with van der Waals surface area (Å²) in [6.07, 6.45) is 1.58. The zero-order valence-electron chi connectivity index (χ0n) is 9.69. The van der Waals surface area contributed by atoms with Crippen molar-refractivity contribution in [3.8, 4) is 0 Å². The van der Waals surface area contributed by atoms with Gasteiger partial charge in [-0.15, -0.1) is 0 Å². The Balaban J connectivity index is 1.93. The van der Waals surface area contributed by atoms with Crippen LogP contribution in [0.2, 0.25) is 0 Å². The second kappa shape index (κ2) is 5.71. The Labute approximate surface area is 102 Å². The Bertz CT molecular complexity index is 342. The van der Waals surface area contributed by atoms with Crippen molar-refractivity contribution in [3.05, 3.63) is 35.4 Å². The summed E-state index contributed by atoms with van der Waals surface area (Å²) in [6, 6.07) is 8.43. The summed E-state index contributed by atoms with van der Waals surface area (Å²) in [4.78, 5) is 0. The van der Waals surface area contributed by atoms with E-state index in [0.29, 0.717) is 17.9 Å². The van der Waals surface area contributed by atoms with Crippen molar-refractivity contribution in [2.24, 2.45) is 5.73 Å². The number of thioether (sulfide) groups is 1. The van der Waals surface area contributed by atoms with Crippen molar-refractivity contribution in [1.29, 1.82) is 0 Å². The van der Waals surface area contributed by atoms with E-state index < -0.39 is 0 Å². The number of ether oxygens (including phenoxy) is 1. The van der Waals surface area contributed by atoms with Gasteiger partial charge in [-0.05, 0) is 24.5 Å². The Morgan fingerprint density at radius 2 is 2.12 bits per heavy atom. The summed E-state index contributed by atoms with van der Waals surface area (Å²) < 4.78 is 5.56. The molecule has 1 aromatic rings. The lowest BCUT2D eigenvalue weighted by molar-refractivity contribution is 0.127. The number of benzene rings is 1. The molecule has 0 amide bonds. The minimum atomic E-state index is 0.398. The fraction of sp³-hybridized carbons (Fsp3) is 0.538. The molecule has 2 atom stereocenters. The predicted molar refractivity (Wildman–Crippen MR) is 69.4 cm³/mol. The van der Waals surface area contributed by atoms with Crippen molar-refractivity contribution in [2.75, 3.05) is 6.61 Å². The molecular formula is C13H19NOS. The van der Waals surface area contributed by atoms with Gasteiger partial charge >= 0.3 is 0 Å². The third kappa shape index (κ3) is 2.78. The molecule has 2 N–H and O–H groups in total. The molecule has 1 heterocycles. The third-order valence-corrected chi connectivity index (χ3v) is 4.62.